The largest absolute Gasteiger partial charge is 0.356 e. The number of fused-ring (bicyclic) bond motifs is 1. The van der Waals surface area contributed by atoms with Crippen molar-refractivity contribution in [3.05, 3.63) is 34.7 Å². The standard InChI is InChI=1S/C20H25N7OS/c1-14-12-27-18(22-19(14)25-7-4-5-8-25)10-15(11-21-27)17-6-2-3-9-26(17)20(28)16-13-29-24-23-16/h10-13,15,17H,2-9H2,1H3. The molecule has 0 spiro atoms. The molecular formula is C20H25N7OS. The number of carbonyl (C=O) groups excluding carboxylic acids is 1. The lowest BCUT2D eigenvalue weighted by atomic mass is 9.89. The summed E-state index contributed by atoms with van der Waals surface area (Å²) in [5, 5.41) is 12.2. The number of amides is 1. The molecule has 1 aromatic rings. The van der Waals surface area contributed by atoms with E-state index in [1.165, 1.54) is 24.4 Å². The molecule has 8 nitrogen and oxygen atoms in total. The first-order valence-electron chi connectivity index (χ1n) is 10.4. The number of nitrogens with zero attached hydrogens (tertiary/aromatic N) is 7. The molecule has 0 aromatic carbocycles. The van der Waals surface area contributed by atoms with Crippen molar-refractivity contribution in [1.82, 2.24) is 24.4 Å². The summed E-state index contributed by atoms with van der Waals surface area (Å²) in [4.78, 5) is 22.3. The van der Waals surface area contributed by atoms with Gasteiger partial charge in [0.25, 0.3) is 5.91 Å². The van der Waals surface area contributed by atoms with E-state index < -0.39 is 0 Å². The molecule has 9 heteroatoms. The number of piperidine rings is 1. The molecule has 0 bridgehead atoms. The first kappa shape index (κ1) is 18.5. The van der Waals surface area contributed by atoms with E-state index in [0.717, 1.165) is 56.1 Å². The molecule has 1 amide bonds. The second-order valence-corrected chi connectivity index (χ2v) is 8.61. The van der Waals surface area contributed by atoms with E-state index in [4.69, 9.17) is 4.99 Å². The smallest absolute Gasteiger partial charge is 0.275 e. The minimum absolute atomic E-state index is 0.0293. The lowest BCUT2D eigenvalue weighted by molar-refractivity contribution is 0.0581. The van der Waals surface area contributed by atoms with Gasteiger partial charge in [0.15, 0.2) is 11.5 Å². The molecule has 4 aliphatic rings. The molecule has 152 valence electrons. The number of amidine groups is 1. The van der Waals surface area contributed by atoms with Crippen LogP contribution in [-0.4, -0.2) is 68.0 Å². The van der Waals surface area contributed by atoms with Crippen LogP contribution in [-0.2, 0) is 0 Å². The molecule has 2 unspecified atom stereocenters. The predicted molar refractivity (Wildman–Crippen MR) is 112 cm³/mol. The number of aromatic nitrogens is 2. The number of carbonyl (C=O) groups is 1. The Kier molecular flexibility index (Phi) is 4.91. The van der Waals surface area contributed by atoms with E-state index in [1.807, 2.05) is 16.1 Å². The van der Waals surface area contributed by atoms with Crippen LogP contribution in [0.15, 0.2) is 39.1 Å². The van der Waals surface area contributed by atoms with Gasteiger partial charge < -0.3 is 9.80 Å². The third-order valence-electron chi connectivity index (χ3n) is 6.07. The Hall–Kier alpha value is -2.55. The van der Waals surface area contributed by atoms with Crippen molar-refractivity contribution >= 4 is 29.5 Å². The Bertz CT molecular complexity index is 898. The van der Waals surface area contributed by atoms with Gasteiger partial charge in [-0.3, -0.25) is 4.79 Å². The lowest BCUT2D eigenvalue weighted by Crippen LogP contribution is -2.48. The highest BCUT2D eigenvalue weighted by Crippen LogP contribution is 2.31. The lowest BCUT2D eigenvalue weighted by Gasteiger charge is -2.39. The number of hydrazone groups is 1. The highest BCUT2D eigenvalue weighted by atomic mass is 32.1. The number of likely N-dealkylation sites (tertiary alicyclic amines) is 2. The van der Waals surface area contributed by atoms with E-state index in [1.54, 1.807) is 5.38 Å². The van der Waals surface area contributed by atoms with Gasteiger partial charge in [0.1, 0.15) is 5.84 Å². The van der Waals surface area contributed by atoms with E-state index in [-0.39, 0.29) is 17.9 Å². The number of hydrogen-bond donors (Lipinski definition) is 0. The van der Waals surface area contributed by atoms with Gasteiger partial charge in [-0.1, -0.05) is 4.49 Å². The zero-order valence-corrected chi connectivity index (χ0v) is 17.4. The molecule has 5 heterocycles. The molecule has 0 saturated carbocycles. The number of hydrogen-bond acceptors (Lipinski definition) is 8. The fraction of sp³-hybridized carbons (Fsp3) is 0.550. The minimum atomic E-state index is -0.0293. The molecule has 2 saturated heterocycles. The van der Waals surface area contributed by atoms with Gasteiger partial charge in [-0.25, -0.2) is 10.0 Å². The van der Waals surface area contributed by atoms with Crippen molar-refractivity contribution in [2.75, 3.05) is 19.6 Å². The van der Waals surface area contributed by atoms with Crippen molar-refractivity contribution < 1.29 is 4.79 Å². The average molecular weight is 412 g/mol. The SMILES string of the molecule is CC1=CN2N=CC(C3CCCCN3C(=O)c3csnn3)C=C2N=C1N1CCCC1. The van der Waals surface area contributed by atoms with Crippen LogP contribution in [0.3, 0.4) is 0 Å². The van der Waals surface area contributed by atoms with Gasteiger partial charge in [-0.05, 0) is 56.6 Å². The Morgan fingerprint density at radius 2 is 2.00 bits per heavy atom. The van der Waals surface area contributed by atoms with Crippen molar-refractivity contribution in [2.24, 2.45) is 16.0 Å². The Labute approximate surface area is 174 Å². The molecule has 29 heavy (non-hydrogen) atoms. The number of aliphatic imine (C=N–C) groups is 1. The van der Waals surface area contributed by atoms with Crippen LogP contribution in [0.1, 0.15) is 49.5 Å². The van der Waals surface area contributed by atoms with Crippen LogP contribution in [0, 0.1) is 5.92 Å². The van der Waals surface area contributed by atoms with E-state index in [9.17, 15) is 4.79 Å². The average Bonchev–Trinajstić information content (AvgIpc) is 3.47. The predicted octanol–water partition coefficient (Wildman–Crippen LogP) is 2.70. The highest BCUT2D eigenvalue weighted by molar-refractivity contribution is 7.03. The van der Waals surface area contributed by atoms with E-state index in [0.29, 0.717) is 5.69 Å². The van der Waals surface area contributed by atoms with E-state index in [2.05, 4.69) is 38.8 Å². The summed E-state index contributed by atoms with van der Waals surface area (Å²) in [7, 11) is 0. The first-order chi connectivity index (χ1) is 14.2. The van der Waals surface area contributed by atoms with Gasteiger partial charge in [-0.15, -0.1) is 5.10 Å². The molecule has 2 atom stereocenters. The summed E-state index contributed by atoms with van der Waals surface area (Å²) >= 11 is 1.21. The zero-order chi connectivity index (χ0) is 19.8. The minimum Gasteiger partial charge on any atom is -0.356 e. The first-order valence-corrected chi connectivity index (χ1v) is 11.2. The maximum atomic E-state index is 13.0. The molecule has 1 aromatic heterocycles. The summed E-state index contributed by atoms with van der Waals surface area (Å²) in [6.07, 6.45) is 11.7. The molecule has 4 aliphatic heterocycles. The topological polar surface area (TPSA) is 77.3 Å². The van der Waals surface area contributed by atoms with E-state index >= 15 is 0 Å². The maximum Gasteiger partial charge on any atom is 0.275 e. The Balaban J connectivity index is 1.41. The van der Waals surface area contributed by atoms with Gasteiger partial charge in [0.05, 0.1) is 0 Å². The second kappa shape index (κ2) is 7.70. The normalized spacial score (nSPS) is 26.8. The Morgan fingerprint density at radius 1 is 1.17 bits per heavy atom. The van der Waals surface area contributed by atoms with Gasteiger partial charge in [-0.2, -0.15) is 5.10 Å². The molecule has 5 rings (SSSR count). The molecular weight excluding hydrogens is 386 g/mol. The maximum absolute atomic E-state index is 13.0. The van der Waals surface area contributed by atoms with Crippen LogP contribution in [0.5, 0.6) is 0 Å². The zero-order valence-electron chi connectivity index (χ0n) is 16.6. The Morgan fingerprint density at radius 3 is 2.79 bits per heavy atom. The highest BCUT2D eigenvalue weighted by Gasteiger charge is 2.35. The number of rotatable bonds is 2. The van der Waals surface area contributed by atoms with Crippen molar-refractivity contribution in [1.29, 1.82) is 0 Å². The van der Waals surface area contributed by atoms with Crippen LogP contribution < -0.4 is 0 Å². The van der Waals surface area contributed by atoms with Crippen molar-refractivity contribution in [3.8, 4) is 0 Å². The third-order valence-corrected chi connectivity index (χ3v) is 6.57. The van der Waals surface area contributed by atoms with Crippen molar-refractivity contribution in [3.63, 3.8) is 0 Å². The molecule has 0 aliphatic carbocycles. The van der Waals surface area contributed by atoms with Crippen LogP contribution in [0.4, 0.5) is 0 Å². The fourth-order valence-corrected chi connectivity index (χ4v) is 5.03. The van der Waals surface area contributed by atoms with Crippen LogP contribution in [0.25, 0.3) is 0 Å². The summed E-state index contributed by atoms with van der Waals surface area (Å²) in [6.45, 7) is 4.98. The third kappa shape index (κ3) is 3.48. The molecule has 2 fully saturated rings. The molecule has 0 N–H and O–H groups in total. The monoisotopic (exact) mass is 411 g/mol. The summed E-state index contributed by atoms with van der Waals surface area (Å²) < 4.78 is 3.85. The summed E-state index contributed by atoms with van der Waals surface area (Å²) in [6, 6.07) is 0.0776. The fourth-order valence-electron chi connectivity index (χ4n) is 4.60. The van der Waals surface area contributed by atoms with Crippen LogP contribution >= 0.6 is 11.5 Å². The summed E-state index contributed by atoms with van der Waals surface area (Å²) in [5.41, 5.74) is 1.58. The molecule has 0 radical (unpaired) electrons. The van der Waals surface area contributed by atoms with Gasteiger partial charge >= 0.3 is 0 Å². The van der Waals surface area contributed by atoms with Gasteiger partial charge in [0.2, 0.25) is 0 Å². The second-order valence-electron chi connectivity index (χ2n) is 8.00. The van der Waals surface area contributed by atoms with Gasteiger partial charge in [0, 0.05) is 55.0 Å². The van der Waals surface area contributed by atoms with Crippen molar-refractivity contribution in [2.45, 2.75) is 45.1 Å². The quantitative estimate of drug-likeness (QED) is 0.748. The van der Waals surface area contributed by atoms with Crippen LogP contribution in [0.2, 0.25) is 0 Å². The summed E-state index contributed by atoms with van der Waals surface area (Å²) in [5.74, 6) is 1.94.